The summed E-state index contributed by atoms with van der Waals surface area (Å²) in [6.07, 6.45) is 7.70. The van der Waals surface area contributed by atoms with Crippen molar-refractivity contribution in [2.24, 2.45) is 0 Å². The molecule has 0 saturated carbocycles. The summed E-state index contributed by atoms with van der Waals surface area (Å²) in [6, 6.07) is 27.0. The molecular formula is C37H43FN4O2. The number of para-hydroxylation sites is 2. The maximum Gasteiger partial charge on any atom is 0.328 e. The van der Waals surface area contributed by atoms with E-state index in [1.54, 1.807) is 19.1 Å². The molecule has 0 spiro atoms. The molecule has 0 radical (unpaired) electrons. The molecule has 1 N–H and O–H groups in total. The van der Waals surface area contributed by atoms with Gasteiger partial charge in [0.2, 0.25) is 0 Å². The van der Waals surface area contributed by atoms with Crippen molar-refractivity contribution < 1.29 is 14.3 Å². The van der Waals surface area contributed by atoms with Gasteiger partial charge in [0.15, 0.2) is 0 Å². The van der Waals surface area contributed by atoms with Gasteiger partial charge in [0.1, 0.15) is 17.2 Å². The van der Waals surface area contributed by atoms with Crippen LogP contribution in [-0.4, -0.2) is 62.1 Å². The number of carboxylic acids is 1. The second kappa shape index (κ2) is 11.4. The van der Waals surface area contributed by atoms with E-state index in [9.17, 15) is 14.3 Å². The Hall–Kier alpha value is -3.55. The van der Waals surface area contributed by atoms with Crippen LogP contribution in [0.4, 0.5) is 4.39 Å². The quantitative estimate of drug-likeness (QED) is 0.236. The largest absolute Gasteiger partial charge is 0.480 e. The van der Waals surface area contributed by atoms with Crippen molar-refractivity contribution in [1.29, 1.82) is 0 Å². The summed E-state index contributed by atoms with van der Waals surface area (Å²) in [5.74, 6) is -0.126. The minimum Gasteiger partial charge on any atom is -0.480 e. The highest BCUT2D eigenvalue weighted by Crippen LogP contribution is 2.46. The molecular weight excluding hydrogens is 551 g/mol. The van der Waals surface area contributed by atoms with E-state index in [4.69, 9.17) is 4.98 Å². The van der Waals surface area contributed by atoms with Crippen molar-refractivity contribution in [2.45, 2.75) is 87.9 Å². The number of piperidine rings is 2. The highest BCUT2D eigenvalue weighted by molar-refractivity contribution is 5.80. The molecule has 0 amide bonds. The molecule has 3 fully saturated rings. The van der Waals surface area contributed by atoms with E-state index in [1.165, 1.54) is 48.9 Å². The maximum atomic E-state index is 13.7. The van der Waals surface area contributed by atoms with Crippen LogP contribution in [0.15, 0.2) is 78.9 Å². The molecule has 4 heterocycles. The zero-order chi connectivity index (χ0) is 30.5. The number of carboxylic acid groups (broad SMARTS) is 1. The lowest BCUT2D eigenvalue weighted by Gasteiger charge is -2.49. The summed E-state index contributed by atoms with van der Waals surface area (Å²) in [4.78, 5) is 22.5. The lowest BCUT2D eigenvalue weighted by Crippen LogP contribution is -2.56. The first kappa shape index (κ1) is 29.2. The van der Waals surface area contributed by atoms with Gasteiger partial charge < -0.3 is 9.67 Å². The summed E-state index contributed by atoms with van der Waals surface area (Å²) in [5.41, 5.74) is 3.13. The molecule has 1 aromatic heterocycles. The highest BCUT2D eigenvalue weighted by Gasteiger charge is 2.48. The third-order valence-corrected chi connectivity index (χ3v) is 11.4. The Morgan fingerprint density at radius 2 is 1.57 bits per heavy atom. The second-order valence-electron chi connectivity index (χ2n) is 13.5. The number of nitrogens with zero attached hydrogens (tertiary/aromatic N) is 4. The van der Waals surface area contributed by atoms with Crippen molar-refractivity contribution in [3.8, 4) is 0 Å². The Morgan fingerprint density at radius 1 is 0.932 bits per heavy atom. The van der Waals surface area contributed by atoms with Crippen molar-refractivity contribution in [1.82, 2.24) is 19.4 Å². The summed E-state index contributed by atoms with van der Waals surface area (Å²) in [7, 11) is 0. The van der Waals surface area contributed by atoms with Crippen molar-refractivity contribution in [2.75, 3.05) is 19.6 Å². The topological polar surface area (TPSA) is 61.6 Å². The standard InChI is InChI=1S/C37H43FN4O2/c1-26-39-33-10-6-7-11-34(33)42(26)32-24-30-16-17-31(25-32)41(30)23-20-37(28-8-4-3-5-9-28)18-21-40(22-19-37)36(2,35(43)44)27-12-14-29(38)15-13-27/h3-15,30-32H,16-25H2,1-2H3,(H,43,44). The number of benzene rings is 3. The number of likely N-dealkylation sites (tertiary alicyclic amines) is 1. The molecule has 0 aliphatic carbocycles. The molecule has 3 aliphatic rings. The van der Waals surface area contributed by atoms with E-state index in [0.717, 1.165) is 37.1 Å². The normalized spacial score (nSPS) is 25.2. The number of carbonyl (C=O) groups is 1. The summed E-state index contributed by atoms with van der Waals surface area (Å²) < 4.78 is 16.2. The number of halogens is 1. The average Bonchev–Trinajstić information content (AvgIpc) is 3.50. The molecule has 230 valence electrons. The van der Waals surface area contributed by atoms with E-state index >= 15 is 0 Å². The van der Waals surface area contributed by atoms with Crippen LogP contribution in [0.3, 0.4) is 0 Å². The second-order valence-corrected chi connectivity index (χ2v) is 13.5. The first-order valence-electron chi connectivity index (χ1n) is 16.3. The molecule has 3 atom stereocenters. The van der Waals surface area contributed by atoms with Crippen LogP contribution in [0, 0.1) is 12.7 Å². The smallest absolute Gasteiger partial charge is 0.328 e. The SMILES string of the molecule is Cc1nc2ccccc2n1C1CC2CCC(C1)N2CCC1(c2ccccc2)CCN(C(C)(C(=O)O)c2ccc(F)cc2)CC1. The molecule has 44 heavy (non-hydrogen) atoms. The fraction of sp³-hybridized carbons (Fsp3) is 0.459. The highest BCUT2D eigenvalue weighted by atomic mass is 19.1. The van der Waals surface area contributed by atoms with Crippen molar-refractivity contribution in [3.63, 3.8) is 0 Å². The fourth-order valence-electron chi connectivity index (χ4n) is 8.86. The van der Waals surface area contributed by atoms with Gasteiger partial charge >= 0.3 is 5.97 Å². The number of hydrogen-bond donors (Lipinski definition) is 1. The molecule has 7 rings (SSSR count). The molecule has 2 bridgehead atoms. The van der Waals surface area contributed by atoms with Crippen LogP contribution in [0.1, 0.15) is 74.9 Å². The van der Waals surface area contributed by atoms with Gasteiger partial charge in [-0.05, 0) is 106 Å². The van der Waals surface area contributed by atoms with Crippen LogP contribution < -0.4 is 0 Å². The summed E-state index contributed by atoms with van der Waals surface area (Å²) >= 11 is 0. The van der Waals surface area contributed by atoms with Crippen LogP contribution in [0.5, 0.6) is 0 Å². The monoisotopic (exact) mass is 594 g/mol. The van der Waals surface area contributed by atoms with Gasteiger partial charge in [0.05, 0.1) is 11.0 Å². The van der Waals surface area contributed by atoms with Crippen LogP contribution >= 0.6 is 0 Å². The predicted molar refractivity (Wildman–Crippen MR) is 171 cm³/mol. The van der Waals surface area contributed by atoms with E-state index in [-0.39, 0.29) is 11.2 Å². The van der Waals surface area contributed by atoms with E-state index < -0.39 is 11.5 Å². The minimum atomic E-state index is -1.20. The maximum absolute atomic E-state index is 13.7. The van der Waals surface area contributed by atoms with Crippen molar-refractivity contribution >= 4 is 17.0 Å². The first-order valence-corrected chi connectivity index (χ1v) is 16.3. The molecule has 7 heteroatoms. The van der Waals surface area contributed by atoms with Crippen LogP contribution in [-0.2, 0) is 15.7 Å². The zero-order valence-electron chi connectivity index (χ0n) is 25.8. The summed E-state index contributed by atoms with van der Waals surface area (Å²) in [6.45, 7) is 6.34. The van der Waals surface area contributed by atoms with E-state index in [2.05, 4.69) is 75.9 Å². The fourth-order valence-corrected chi connectivity index (χ4v) is 8.86. The Kier molecular flexibility index (Phi) is 7.58. The third kappa shape index (κ3) is 4.94. The van der Waals surface area contributed by atoms with Gasteiger partial charge in [0.25, 0.3) is 0 Å². The minimum absolute atomic E-state index is 0.00655. The Morgan fingerprint density at radius 3 is 2.23 bits per heavy atom. The Bertz CT molecular complexity index is 1610. The number of aryl methyl sites for hydroxylation is 1. The van der Waals surface area contributed by atoms with Gasteiger partial charge in [-0.3, -0.25) is 9.80 Å². The third-order valence-electron chi connectivity index (χ3n) is 11.4. The Balaban J connectivity index is 1.09. The molecule has 3 aliphatic heterocycles. The van der Waals surface area contributed by atoms with E-state index in [1.807, 2.05) is 0 Å². The summed E-state index contributed by atoms with van der Waals surface area (Å²) in [5, 5.41) is 10.4. The van der Waals surface area contributed by atoms with Crippen molar-refractivity contribution in [3.05, 3.63) is 102 Å². The molecule has 3 unspecified atom stereocenters. The van der Waals surface area contributed by atoms with Gasteiger partial charge in [-0.2, -0.15) is 0 Å². The van der Waals surface area contributed by atoms with Gasteiger partial charge in [0, 0.05) is 31.2 Å². The number of aromatic nitrogens is 2. The molecule has 3 aromatic carbocycles. The Labute approximate surface area is 259 Å². The first-order chi connectivity index (χ1) is 21.3. The molecule has 3 saturated heterocycles. The molecule has 6 nitrogen and oxygen atoms in total. The van der Waals surface area contributed by atoms with Gasteiger partial charge in [-0.1, -0.05) is 54.6 Å². The number of aliphatic carboxylic acids is 1. The van der Waals surface area contributed by atoms with Crippen LogP contribution in [0.25, 0.3) is 11.0 Å². The number of hydrogen-bond acceptors (Lipinski definition) is 4. The molecule has 4 aromatic rings. The number of fused-ring (bicyclic) bond motifs is 3. The number of rotatable bonds is 8. The lowest BCUT2D eigenvalue weighted by atomic mass is 9.69. The number of imidazole rings is 1. The van der Waals surface area contributed by atoms with Crippen LogP contribution in [0.2, 0.25) is 0 Å². The lowest BCUT2D eigenvalue weighted by molar-refractivity contribution is -0.152. The van der Waals surface area contributed by atoms with E-state index in [0.29, 0.717) is 36.8 Å². The average molecular weight is 595 g/mol. The van der Waals surface area contributed by atoms with Gasteiger partial charge in [-0.15, -0.1) is 0 Å². The predicted octanol–water partition coefficient (Wildman–Crippen LogP) is 7.08. The zero-order valence-corrected chi connectivity index (χ0v) is 25.8. The van der Waals surface area contributed by atoms with Gasteiger partial charge in [-0.25, -0.2) is 14.2 Å².